The summed E-state index contributed by atoms with van der Waals surface area (Å²) in [6.45, 7) is 3.80. The predicted octanol–water partition coefficient (Wildman–Crippen LogP) is 3.85. The Labute approximate surface area is 111 Å². The lowest BCUT2D eigenvalue weighted by Gasteiger charge is -2.18. The van der Waals surface area contributed by atoms with Crippen LogP contribution in [-0.4, -0.2) is 12.3 Å². The highest BCUT2D eigenvalue weighted by atomic mass is 35.5. The summed E-state index contributed by atoms with van der Waals surface area (Å²) >= 11 is 0. The molecule has 0 radical (unpaired) electrons. The van der Waals surface area contributed by atoms with Crippen LogP contribution in [-0.2, 0) is 0 Å². The molecule has 0 bridgehead atoms. The Bertz CT molecular complexity index is 371. The van der Waals surface area contributed by atoms with Crippen molar-refractivity contribution < 1.29 is 17.9 Å². The number of nitrogens with two attached hydrogens (primary N) is 1. The highest BCUT2D eigenvalue weighted by Gasteiger charge is 2.37. The largest absolute Gasteiger partial charge is 0.491 e. The van der Waals surface area contributed by atoms with Crippen LogP contribution in [0.5, 0.6) is 5.75 Å². The van der Waals surface area contributed by atoms with Crippen LogP contribution in [0.2, 0.25) is 0 Å². The topological polar surface area (TPSA) is 35.2 Å². The number of hydrogen-bond acceptors (Lipinski definition) is 2. The van der Waals surface area contributed by atoms with E-state index in [1.807, 2.05) is 13.8 Å². The molecular formula is C12H17ClF3NO. The Morgan fingerprint density at radius 3 is 2.44 bits per heavy atom. The highest BCUT2D eigenvalue weighted by Crippen LogP contribution is 2.31. The van der Waals surface area contributed by atoms with E-state index in [-0.39, 0.29) is 24.1 Å². The number of halogens is 4. The molecule has 0 aromatic heterocycles. The van der Waals surface area contributed by atoms with Crippen molar-refractivity contribution in [3.8, 4) is 5.75 Å². The quantitative estimate of drug-likeness (QED) is 0.911. The van der Waals surface area contributed by atoms with Gasteiger partial charge < -0.3 is 10.5 Å². The molecule has 6 heteroatoms. The first-order valence-corrected chi connectivity index (χ1v) is 5.43. The van der Waals surface area contributed by atoms with Crippen molar-refractivity contribution in [3.05, 3.63) is 29.8 Å². The number of rotatable bonds is 4. The van der Waals surface area contributed by atoms with Crippen LogP contribution < -0.4 is 10.5 Å². The van der Waals surface area contributed by atoms with Gasteiger partial charge in [0.1, 0.15) is 11.8 Å². The second-order valence-electron chi connectivity index (χ2n) is 3.93. The first-order chi connectivity index (χ1) is 7.84. The van der Waals surface area contributed by atoms with Gasteiger partial charge in [0.05, 0.1) is 6.10 Å². The fourth-order valence-electron chi connectivity index (χ4n) is 1.29. The molecule has 104 valence electrons. The lowest BCUT2D eigenvalue weighted by Crippen LogP contribution is -2.28. The third-order valence-corrected chi connectivity index (χ3v) is 2.48. The van der Waals surface area contributed by atoms with Gasteiger partial charge in [-0.1, -0.05) is 19.1 Å². The number of benzene rings is 1. The summed E-state index contributed by atoms with van der Waals surface area (Å²) in [5.41, 5.74) is 5.14. The van der Waals surface area contributed by atoms with E-state index in [0.717, 1.165) is 6.42 Å². The van der Waals surface area contributed by atoms with Crippen molar-refractivity contribution in [2.45, 2.75) is 38.6 Å². The van der Waals surface area contributed by atoms with E-state index in [0.29, 0.717) is 5.75 Å². The van der Waals surface area contributed by atoms with Gasteiger partial charge in [-0.3, -0.25) is 0 Å². The zero-order chi connectivity index (χ0) is 13.1. The monoisotopic (exact) mass is 283 g/mol. The minimum atomic E-state index is -4.44. The normalized spacial score (nSPS) is 14.6. The molecule has 1 aromatic carbocycles. The maximum atomic E-state index is 12.4. The first kappa shape index (κ1) is 17.1. The average molecular weight is 284 g/mol. The van der Waals surface area contributed by atoms with E-state index in [9.17, 15) is 13.2 Å². The molecule has 0 aliphatic rings. The van der Waals surface area contributed by atoms with Crippen molar-refractivity contribution in [1.29, 1.82) is 0 Å². The molecule has 0 saturated heterocycles. The number of ether oxygens (including phenoxy) is 1. The molecule has 18 heavy (non-hydrogen) atoms. The molecule has 2 N–H and O–H groups in total. The number of alkyl halides is 3. The van der Waals surface area contributed by atoms with Crippen LogP contribution in [0.15, 0.2) is 24.3 Å². The van der Waals surface area contributed by atoms with Gasteiger partial charge >= 0.3 is 6.18 Å². The lowest BCUT2D eigenvalue weighted by molar-refractivity contribution is -0.149. The standard InChI is InChI=1S/C12H16F3NO.ClH/c1-3-8(2)17-10-6-4-5-9(7-10)11(16)12(13,14)15;/h4-8,11H,3,16H2,1-2H3;1H/t8?,11-;/m1./s1. The van der Waals surface area contributed by atoms with Crippen molar-refractivity contribution in [3.63, 3.8) is 0 Å². The molecule has 0 saturated carbocycles. The van der Waals surface area contributed by atoms with Crippen LogP contribution in [0.1, 0.15) is 31.9 Å². The van der Waals surface area contributed by atoms with Gasteiger partial charge in [0.2, 0.25) is 0 Å². The summed E-state index contributed by atoms with van der Waals surface area (Å²) in [5.74, 6) is 0.413. The van der Waals surface area contributed by atoms with Crippen molar-refractivity contribution >= 4 is 12.4 Å². The van der Waals surface area contributed by atoms with Gasteiger partial charge in [-0.05, 0) is 31.0 Å². The van der Waals surface area contributed by atoms with Crippen LogP contribution in [0.3, 0.4) is 0 Å². The third kappa shape index (κ3) is 4.74. The van der Waals surface area contributed by atoms with Crippen molar-refractivity contribution in [2.75, 3.05) is 0 Å². The second kappa shape index (κ2) is 6.85. The van der Waals surface area contributed by atoms with E-state index in [2.05, 4.69) is 0 Å². The Balaban J connectivity index is 0.00000289. The number of hydrogen-bond donors (Lipinski definition) is 1. The lowest BCUT2D eigenvalue weighted by atomic mass is 10.1. The molecule has 0 amide bonds. The molecule has 1 rings (SSSR count). The minimum Gasteiger partial charge on any atom is -0.491 e. The summed E-state index contributed by atoms with van der Waals surface area (Å²) in [6, 6.07) is 3.85. The Morgan fingerprint density at radius 2 is 1.94 bits per heavy atom. The summed E-state index contributed by atoms with van der Waals surface area (Å²) < 4.78 is 42.7. The van der Waals surface area contributed by atoms with Gasteiger partial charge in [-0.2, -0.15) is 13.2 Å². The Hall–Kier alpha value is -0.940. The summed E-state index contributed by atoms with van der Waals surface area (Å²) in [6.07, 6.45) is -3.68. The first-order valence-electron chi connectivity index (χ1n) is 5.43. The summed E-state index contributed by atoms with van der Waals surface area (Å²) in [4.78, 5) is 0. The molecule has 0 aliphatic carbocycles. The fraction of sp³-hybridized carbons (Fsp3) is 0.500. The molecule has 0 heterocycles. The third-order valence-electron chi connectivity index (χ3n) is 2.48. The van der Waals surface area contributed by atoms with Gasteiger partial charge in [-0.15, -0.1) is 12.4 Å². The maximum Gasteiger partial charge on any atom is 0.407 e. The fourth-order valence-corrected chi connectivity index (χ4v) is 1.29. The van der Waals surface area contributed by atoms with Gasteiger partial charge in [-0.25, -0.2) is 0 Å². The zero-order valence-electron chi connectivity index (χ0n) is 10.2. The molecule has 2 atom stereocenters. The minimum absolute atomic E-state index is 0. The van der Waals surface area contributed by atoms with Crippen LogP contribution in [0.4, 0.5) is 13.2 Å². The van der Waals surface area contributed by atoms with E-state index >= 15 is 0 Å². The maximum absolute atomic E-state index is 12.4. The summed E-state index contributed by atoms with van der Waals surface area (Å²) in [7, 11) is 0. The van der Waals surface area contributed by atoms with Crippen molar-refractivity contribution in [1.82, 2.24) is 0 Å². The molecule has 0 fully saturated rings. The van der Waals surface area contributed by atoms with Gasteiger partial charge in [0, 0.05) is 0 Å². The van der Waals surface area contributed by atoms with E-state index in [4.69, 9.17) is 10.5 Å². The molecule has 0 aliphatic heterocycles. The van der Waals surface area contributed by atoms with Crippen LogP contribution in [0.25, 0.3) is 0 Å². The van der Waals surface area contributed by atoms with E-state index in [1.165, 1.54) is 18.2 Å². The van der Waals surface area contributed by atoms with Crippen LogP contribution >= 0.6 is 12.4 Å². The summed E-state index contributed by atoms with van der Waals surface area (Å²) in [5, 5.41) is 0. The second-order valence-corrected chi connectivity index (χ2v) is 3.93. The smallest absolute Gasteiger partial charge is 0.407 e. The molecule has 0 spiro atoms. The SMILES string of the molecule is CCC(C)Oc1cccc([C@@H](N)C(F)(F)F)c1.Cl. The Kier molecular flexibility index (Phi) is 6.49. The molecule has 1 unspecified atom stereocenters. The van der Waals surface area contributed by atoms with E-state index in [1.54, 1.807) is 6.07 Å². The van der Waals surface area contributed by atoms with E-state index < -0.39 is 12.2 Å². The van der Waals surface area contributed by atoms with Gasteiger partial charge in [0.15, 0.2) is 0 Å². The molecule has 2 nitrogen and oxygen atoms in total. The highest BCUT2D eigenvalue weighted by molar-refractivity contribution is 5.85. The predicted molar refractivity (Wildman–Crippen MR) is 67.1 cm³/mol. The molecule has 1 aromatic rings. The van der Waals surface area contributed by atoms with Crippen molar-refractivity contribution in [2.24, 2.45) is 5.73 Å². The van der Waals surface area contributed by atoms with Crippen LogP contribution in [0, 0.1) is 0 Å². The average Bonchev–Trinajstić information content (AvgIpc) is 2.27. The molecular weight excluding hydrogens is 267 g/mol. The zero-order valence-corrected chi connectivity index (χ0v) is 11.0. The Morgan fingerprint density at radius 1 is 1.33 bits per heavy atom. The van der Waals surface area contributed by atoms with Gasteiger partial charge in [0.25, 0.3) is 0 Å².